The number of sulfonamides is 1. The molecule has 0 radical (unpaired) electrons. The van der Waals surface area contributed by atoms with Gasteiger partial charge in [-0.25, -0.2) is 12.8 Å². The van der Waals surface area contributed by atoms with Gasteiger partial charge in [0.1, 0.15) is 5.82 Å². The second-order valence-electron chi connectivity index (χ2n) is 7.77. The highest BCUT2D eigenvalue weighted by molar-refractivity contribution is 7.89. The van der Waals surface area contributed by atoms with E-state index in [-0.39, 0.29) is 23.5 Å². The third kappa shape index (κ3) is 5.32. The Morgan fingerprint density at radius 2 is 1.54 bits per heavy atom. The fourth-order valence-corrected chi connectivity index (χ4v) is 5.19. The topological polar surface area (TPSA) is 88.7 Å². The quantitative estimate of drug-likeness (QED) is 0.366. The first kappa shape index (κ1) is 24.7. The lowest BCUT2D eigenvalue weighted by molar-refractivity contribution is 0.355. The van der Waals surface area contributed by atoms with E-state index in [1.54, 1.807) is 18.2 Å². The van der Waals surface area contributed by atoms with Crippen LogP contribution in [0.2, 0.25) is 5.02 Å². The summed E-state index contributed by atoms with van der Waals surface area (Å²) in [5, 5.41) is 1.03. The van der Waals surface area contributed by atoms with Gasteiger partial charge in [0.2, 0.25) is 10.0 Å². The summed E-state index contributed by atoms with van der Waals surface area (Å²) in [6.45, 7) is -0.295. The molecule has 4 aromatic rings. The Morgan fingerprint density at radius 3 is 2.17 bits per heavy atom. The van der Waals surface area contributed by atoms with Gasteiger partial charge in [-0.15, -0.1) is 0 Å². The Kier molecular flexibility index (Phi) is 7.11. The van der Waals surface area contributed by atoms with E-state index >= 15 is 0 Å². The predicted octanol–water partition coefficient (Wildman–Crippen LogP) is 4.73. The molecule has 0 spiro atoms. The summed E-state index contributed by atoms with van der Waals surface area (Å²) in [5.74, 6) is 0.484. The average Bonchev–Trinajstić information content (AvgIpc) is 2.84. The molecule has 182 valence electrons. The maximum absolute atomic E-state index is 13.5. The van der Waals surface area contributed by atoms with Crippen LogP contribution >= 0.6 is 11.6 Å². The number of nitrogens with zero attached hydrogens (tertiary/aromatic N) is 1. The molecule has 0 aliphatic carbocycles. The van der Waals surface area contributed by atoms with Gasteiger partial charge in [-0.05, 0) is 54.1 Å². The van der Waals surface area contributed by atoms with Crippen molar-refractivity contribution < 1.29 is 22.3 Å². The number of H-pyrrole nitrogens is 1. The second kappa shape index (κ2) is 10.1. The Morgan fingerprint density at radius 1 is 0.914 bits per heavy atom. The van der Waals surface area contributed by atoms with E-state index < -0.39 is 21.4 Å². The van der Waals surface area contributed by atoms with Crippen LogP contribution in [0.15, 0.2) is 76.4 Å². The van der Waals surface area contributed by atoms with Crippen LogP contribution in [-0.4, -0.2) is 31.9 Å². The van der Waals surface area contributed by atoms with Gasteiger partial charge in [0, 0.05) is 35.1 Å². The first-order valence-corrected chi connectivity index (χ1v) is 12.3. The normalized spacial score (nSPS) is 11.7. The van der Waals surface area contributed by atoms with E-state index in [0.717, 1.165) is 0 Å². The van der Waals surface area contributed by atoms with Crippen LogP contribution < -0.4 is 15.0 Å². The van der Waals surface area contributed by atoms with Crippen molar-refractivity contribution in [2.75, 3.05) is 14.2 Å². The number of aromatic amines is 1. The summed E-state index contributed by atoms with van der Waals surface area (Å²) in [6.07, 6.45) is 0. The number of aromatic nitrogens is 1. The van der Waals surface area contributed by atoms with Crippen molar-refractivity contribution in [3.8, 4) is 11.5 Å². The fourth-order valence-electron chi connectivity index (χ4n) is 3.66. The zero-order valence-corrected chi connectivity index (χ0v) is 20.5. The molecule has 0 unspecified atom stereocenters. The Balaban J connectivity index is 1.78. The van der Waals surface area contributed by atoms with E-state index in [1.807, 2.05) is 0 Å². The zero-order chi connectivity index (χ0) is 25.2. The highest BCUT2D eigenvalue weighted by Gasteiger charge is 2.26. The molecule has 0 amide bonds. The van der Waals surface area contributed by atoms with Gasteiger partial charge in [-0.1, -0.05) is 23.7 Å². The maximum atomic E-state index is 13.5. The van der Waals surface area contributed by atoms with Crippen LogP contribution in [0.25, 0.3) is 10.9 Å². The Hall–Kier alpha value is -3.40. The molecule has 0 fully saturated rings. The van der Waals surface area contributed by atoms with E-state index in [0.29, 0.717) is 33.0 Å². The highest BCUT2D eigenvalue weighted by Crippen LogP contribution is 2.31. The lowest BCUT2D eigenvalue weighted by atomic mass is 10.1. The van der Waals surface area contributed by atoms with Crippen LogP contribution in [0.3, 0.4) is 0 Å². The third-order valence-corrected chi connectivity index (χ3v) is 7.55. The third-order valence-electron chi connectivity index (χ3n) is 5.50. The second-order valence-corrected chi connectivity index (χ2v) is 10.1. The molecule has 1 heterocycles. The molecule has 7 nitrogen and oxygen atoms in total. The molecular formula is C25H22ClFN2O5S. The van der Waals surface area contributed by atoms with Crippen LogP contribution in [0.1, 0.15) is 11.1 Å². The van der Waals surface area contributed by atoms with Gasteiger partial charge in [-0.2, -0.15) is 4.31 Å². The summed E-state index contributed by atoms with van der Waals surface area (Å²) < 4.78 is 52.3. The molecule has 1 aromatic heterocycles. The number of benzene rings is 3. The number of halogens is 2. The predicted molar refractivity (Wildman–Crippen MR) is 132 cm³/mol. The van der Waals surface area contributed by atoms with Crippen molar-refractivity contribution in [3.05, 3.63) is 99.1 Å². The van der Waals surface area contributed by atoms with Crippen molar-refractivity contribution in [2.24, 2.45) is 0 Å². The summed E-state index contributed by atoms with van der Waals surface area (Å²) >= 11 is 5.93. The molecule has 35 heavy (non-hydrogen) atoms. The molecular weight excluding hydrogens is 495 g/mol. The molecule has 0 atom stereocenters. The van der Waals surface area contributed by atoms with Crippen LogP contribution in [0, 0.1) is 5.82 Å². The first-order chi connectivity index (χ1) is 16.7. The number of methoxy groups -OCH3 is 2. The van der Waals surface area contributed by atoms with E-state index in [4.69, 9.17) is 21.1 Å². The molecule has 10 heteroatoms. The Bertz CT molecular complexity index is 1520. The molecule has 0 aliphatic rings. The monoisotopic (exact) mass is 516 g/mol. The summed E-state index contributed by atoms with van der Waals surface area (Å²) in [6, 6.07) is 16.2. The number of hydrogen-bond acceptors (Lipinski definition) is 5. The molecule has 0 saturated heterocycles. The van der Waals surface area contributed by atoms with Crippen LogP contribution in [-0.2, 0) is 23.1 Å². The number of hydrogen-bond donors (Lipinski definition) is 1. The largest absolute Gasteiger partial charge is 0.493 e. The van der Waals surface area contributed by atoms with Crippen molar-refractivity contribution in [1.29, 1.82) is 0 Å². The summed E-state index contributed by atoms with van der Waals surface area (Å²) in [5.41, 5.74) is 0.860. The minimum Gasteiger partial charge on any atom is -0.493 e. The number of ether oxygens (including phenoxy) is 2. The average molecular weight is 517 g/mol. The summed E-state index contributed by atoms with van der Waals surface area (Å²) in [4.78, 5) is 15.7. The van der Waals surface area contributed by atoms with Crippen molar-refractivity contribution in [2.45, 2.75) is 18.0 Å². The lowest BCUT2D eigenvalue weighted by Gasteiger charge is -2.22. The number of pyridine rings is 1. The van der Waals surface area contributed by atoms with Crippen molar-refractivity contribution in [1.82, 2.24) is 9.29 Å². The summed E-state index contributed by atoms with van der Waals surface area (Å²) in [7, 11) is -1.04. The van der Waals surface area contributed by atoms with Gasteiger partial charge in [-0.3, -0.25) is 4.79 Å². The molecule has 0 saturated carbocycles. The fraction of sp³-hybridized carbons (Fsp3) is 0.160. The standard InChI is InChI=1S/C25H22ClFN2O5S/c1-33-23-12-17-11-18(25(30)28-22(17)13-24(23)34-2)15-29(14-16-3-7-20(27)8-4-16)35(31,32)21-9-5-19(26)6-10-21/h3-13H,14-15H2,1-2H3,(H,28,30). The van der Waals surface area contributed by atoms with Gasteiger partial charge in [0.05, 0.1) is 24.6 Å². The van der Waals surface area contributed by atoms with Gasteiger partial charge < -0.3 is 14.5 Å². The molecule has 0 aliphatic heterocycles. The van der Waals surface area contributed by atoms with E-state index in [1.165, 1.54) is 67.1 Å². The van der Waals surface area contributed by atoms with Gasteiger partial charge in [0.15, 0.2) is 11.5 Å². The van der Waals surface area contributed by atoms with Crippen LogP contribution in [0.4, 0.5) is 4.39 Å². The van der Waals surface area contributed by atoms with Crippen molar-refractivity contribution in [3.63, 3.8) is 0 Å². The highest BCUT2D eigenvalue weighted by atomic mass is 35.5. The molecule has 1 N–H and O–H groups in total. The maximum Gasteiger partial charge on any atom is 0.252 e. The minimum atomic E-state index is -4.03. The zero-order valence-electron chi connectivity index (χ0n) is 18.9. The van der Waals surface area contributed by atoms with Gasteiger partial charge in [0.25, 0.3) is 5.56 Å². The van der Waals surface area contributed by atoms with Crippen molar-refractivity contribution >= 4 is 32.5 Å². The first-order valence-electron chi connectivity index (χ1n) is 10.5. The lowest BCUT2D eigenvalue weighted by Crippen LogP contribution is -2.32. The van der Waals surface area contributed by atoms with E-state index in [2.05, 4.69) is 4.98 Å². The van der Waals surface area contributed by atoms with E-state index in [9.17, 15) is 17.6 Å². The molecule has 0 bridgehead atoms. The number of nitrogens with one attached hydrogen (secondary N) is 1. The number of fused-ring (bicyclic) bond motifs is 1. The van der Waals surface area contributed by atoms with Gasteiger partial charge >= 0.3 is 0 Å². The molecule has 4 rings (SSSR count). The van der Waals surface area contributed by atoms with Crippen LogP contribution in [0.5, 0.6) is 11.5 Å². The molecule has 3 aromatic carbocycles. The number of rotatable bonds is 8. The Labute approximate surface area is 206 Å². The SMILES string of the molecule is COc1cc2cc(CN(Cc3ccc(F)cc3)S(=O)(=O)c3ccc(Cl)cc3)c(=O)[nH]c2cc1OC. The minimum absolute atomic E-state index is 0.0210. The smallest absolute Gasteiger partial charge is 0.252 e.